The van der Waals surface area contributed by atoms with Crippen molar-refractivity contribution in [2.75, 3.05) is 17.3 Å². The molecule has 1 aromatic heterocycles. The van der Waals surface area contributed by atoms with E-state index in [4.69, 9.17) is 11.6 Å². The molecule has 0 spiro atoms. The molecular formula is C20H20ClN7OS+. The summed E-state index contributed by atoms with van der Waals surface area (Å²) in [6.07, 6.45) is 5.72. The van der Waals surface area contributed by atoms with Crippen LogP contribution in [0, 0.1) is 12.8 Å². The van der Waals surface area contributed by atoms with E-state index < -0.39 is 0 Å². The summed E-state index contributed by atoms with van der Waals surface area (Å²) < 4.78 is 0. The lowest BCUT2D eigenvalue weighted by Gasteiger charge is -2.25. The molecule has 1 saturated carbocycles. The topological polar surface area (TPSA) is 91.3 Å². The number of hydrazine groups is 1. The van der Waals surface area contributed by atoms with E-state index in [-0.39, 0.29) is 11.8 Å². The number of benzene rings is 1. The predicted octanol–water partition coefficient (Wildman–Crippen LogP) is 3.89. The van der Waals surface area contributed by atoms with Gasteiger partial charge in [-0.25, -0.2) is 0 Å². The summed E-state index contributed by atoms with van der Waals surface area (Å²) in [5.74, 6) is 1.03. The third-order valence-electron chi connectivity index (χ3n) is 4.90. The summed E-state index contributed by atoms with van der Waals surface area (Å²) in [5, 5.41) is 13.5. The molecule has 0 saturated heterocycles. The smallest absolute Gasteiger partial charge is 0.252 e. The van der Waals surface area contributed by atoms with Crippen molar-refractivity contribution in [2.45, 2.75) is 24.7 Å². The highest BCUT2D eigenvalue weighted by Gasteiger charge is 2.40. The van der Waals surface area contributed by atoms with Crippen molar-refractivity contribution in [3.63, 3.8) is 0 Å². The molecule has 0 unspecified atom stereocenters. The van der Waals surface area contributed by atoms with E-state index in [1.54, 1.807) is 18.1 Å². The molecule has 153 valence electrons. The van der Waals surface area contributed by atoms with Gasteiger partial charge < -0.3 is 5.32 Å². The Morgan fingerprint density at radius 1 is 1.33 bits per heavy atom. The minimum atomic E-state index is 0.110. The van der Waals surface area contributed by atoms with Crippen LogP contribution >= 0.6 is 23.4 Å². The number of halogens is 1. The Labute approximate surface area is 183 Å². The summed E-state index contributed by atoms with van der Waals surface area (Å²) >= 11 is 7.90. The van der Waals surface area contributed by atoms with Gasteiger partial charge in [-0.15, -0.1) is 0 Å². The number of rotatable bonds is 6. The number of anilines is 2. The number of hydrogen-bond acceptors (Lipinski definition) is 7. The molecule has 3 N–H and O–H groups in total. The molecule has 3 heterocycles. The molecule has 0 atom stereocenters. The Bertz CT molecular complexity index is 1070. The number of aliphatic imine (C=N–C) groups is 1. The SMILES string of the molecule is Cc1cc(NN2C=C(Sc3ccc(NC(=O)C4CC4)cc3)[N+]3C=NC(Cl)=C3C2)n[nH]1. The van der Waals surface area contributed by atoms with Crippen molar-refractivity contribution in [3.05, 3.63) is 58.1 Å². The Kier molecular flexibility index (Phi) is 5.01. The number of aromatic nitrogens is 2. The summed E-state index contributed by atoms with van der Waals surface area (Å²) in [4.78, 5) is 19.2. The molecule has 10 heteroatoms. The van der Waals surface area contributed by atoms with Crippen LogP contribution in [0.1, 0.15) is 18.5 Å². The maximum atomic E-state index is 11.9. The summed E-state index contributed by atoms with van der Waals surface area (Å²) in [5.41, 5.74) is 5.97. The van der Waals surface area contributed by atoms with E-state index in [0.717, 1.165) is 45.7 Å². The molecule has 5 rings (SSSR count). The van der Waals surface area contributed by atoms with Crippen LogP contribution in [0.15, 0.2) is 62.3 Å². The second-order valence-electron chi connectivity index (χ2n) is 7.39. The summed E-state index contributed by atoms with van der Waals surface area (Å²) in [7, 11) is 0. The number of amides is 1. The number of fused-ring (bicyclic) bond motifs is 1. The van der Waals surface area contributed by atoms with Gasteiger partial charge in [0.05, 0.1) is 6.20 Å². The zero-order chi connectivity index (χ0) is 20.7. The number of nitrogens with one attached hydrogen (secondary N) is 3. The first-order chi connectivity index (χ1) is 14.5. The third kappa shape index (κ3) is 4.09. The van der Waals surface area contributed by atoms with Crippen molar-refractivity contribution >= 4 is 47.1 Å². The van der Waals surface area contributed by atoms with Crippen LogP contribution in [0.5, 0.6) is 0 Å². The molecule has 2 aliphatic heterocycles. The van der Waals surface area contributed by atoms with E-state index in [9.17, 15) is 4.79 Å². The zero-order valence-electron chi connectivity index (χ0n) is 16.2. The van der Waals surface area contributed by atoms with Crippen molar-refractivity contribution in [1.82, 2.24) is 20.1 Å². The van der Waals surface area contributed by atoms with Crippen molar-refractivity contribution in [2.24, 2.45) is 10.9 Å². The van der Waals surface area contributed by atoms with E-state index >= 15 is 0 Å². The molecule has 8 nitrogen and oxygen atoms in total. The zero-order valence-corrected chi connectivity index (χ0v) is 17.8. The van der Waals surface area contributed by atoms with Crippen LogP contribution in [0.25, 0.3) is 0 Å². The average Bonchev–Trinajstić information content (AvgIpc) is 3.41. The number of aryl methyl sites for hydroxylation is 1. The van der Waals surface area contributed by atoms with Gasteiger partial charge in [-0.1, -0.05) is 11.6 Å². The minimum absolute atomic E-state index is 0.110. The fourth-order valence-electron chi connectivity index (χ4n) is 3.17. The van der Waals surface area contributed by atoms with Gasteiger partial charge in [0.25, 0.3) is 6.34 Å². The van der Waals surface area contributed by atoms with Gasteiger partial charge in [-0.3, -0.25) is 20.3 Å². The second kappa shape index (κ2) is 7.82. The van der Waals surface area contributed by atoms with Crippen molar-refractivity contribution in [1.29, 1.82) is 0 Å². The maximum absolute atomic E-state index is 11.9. The molecule has 30 heavy (non-hydrogen) atoms. The van der Waals surface area contributed by atoms with E-state index in [1.165, 1.54) is 0 Å². The largest absolute Gasteiger partial charge is 0.326 e. The van der Waals surface area contributed by atoms with Gasteiger partial charge in [0.15, 0.2) is 11.0 Å². The van der Waals surface area contributed by atoms with E-state index in [1.807, 2.05) is 53.4 Å². The van der Waals surface area contributed by atoms with Crippen molar-refractivity contribution < 1.29 is 4.79 Å². The second-order valence-corrected chi connectivity index (χ2v) is 8.84. The number of thioether (sulfide) groups is 1. The maximum Gasteiger partial charge on any atom is 0.252 e. The normalized spacial score (nSPS) is 18.5. The molecule has 1 aromatic carbocycles. The monoisotopic (exact) mass is 441 g/mol. The van der Waals surface area contributed by atoms with Crippen LogP contribution in [0.3, 0.4) is 0 Å². The number of carbonyl (C=O) groups is 1. The van der Waals surface area contributed by atoms with E-state index in [0.29, 0.717) is 11.7 Å². The van der Waals surface area contributed by atoms with Crippen LogP contribution < -0.4 is 15.6 Å². The van der Waals surface area contributed by atoms with Gasteiger partial charge in [-0.2, -0.15) is 10.1 Å². The van der Waals surface area contributed by atoms with Gasteiger partial charge in [-0.05, 0) is 60.7 Å². The van der Waals surface area contributed by atoms with Crippen LogP contribution in [0.2, 0.25) is 0 Å². The average molecular weight is 442 g/mol. The van der Waals surface area contributed by atoms with Crippen molar-refractivity contribution in [3.8, 4) is 0 Å². The molecule has 1 amide bonds. The Balaban J connectivity index is 1.33. The van der Waals surface area contributed by atoms with Gasteiger partial charge in [0, 0.05) is 28.3 Å². The first-order valence-corrected chi connectivity index (χ1v) is 10.8. The third-order valence-corrected chi connectivity index (χ3v) is 6.23. The summed E-state index contributed by atoms with van der Waals surface area (Å²) in [6.45, 7) is 2.51. The first kappa shape index (κ1) is 19.2. The standard InChI is InChI=1S/C20H20ClN7OS/c1-12-8-17(25-24-12)26-27-9-16-19(21)22-11-28(16)18(10-27)30-15-6-4-14(5-7-15)23-20(29)13-2-3-13/h4-8,10-11,13H,2-3,9H2,1H3,(H,23,29)(H2,24,25,26)/q+1. The number of hydrogen-bond donors (Lipinski definition) is 3. The predicted molar refractivity (Wildman–Crippen MR) is 119 cm³/mol. The highest BCUT2D eigenvalue weighted by atomic mass is 35.5. The summed E-state index contributed by atoms with van der Waals surface area (Å²) in [6, 6.07) is 9.78. The molecule has 2 aromatic rings. The fraction of sp³-hybridized carbons (Fsp3) is 0.250. The van der Waals surface area contributed by atoms with E-state index in [2.05, 4.69) is 25.9 Å². The Morgan fingerprint density at radius 2 is 2.13 bits per heavy atom. The highest BCUT2D eigenvalue weighted by molar-refractivity contribution is 8.03. The van der Waals surface area contributed by atoms with Crippen LogP contribution in [-0.2, 0) is 4.79 Å². The Hall–Kier alpha value is -2.75. The molecular weight excluding hydrogens is 422 g/mol. The lowest BCUT2D eigenvalue weighted by molar-refractivity contribution is -0.117. The quantitative estimate of drug-likeness (QED) is 0.467. The lowest BCUT2D eigenvalue weighted by Crippen LogP contribution is -2.39. The molecule has 1 radical (unpaired) electrons. The molecule has 1 fully saturated rings. The number of nitrogens with zero attached hydrogens (tertiary/aromatic N) is 4. The number of H-pyrrole nitrogens is 1. The Morgan fingerprint density at radius 3 is 2.83 bits per heavy atom. The number of carbonyl (C=O) groups excluding carboxylic acids is 1. The number of aromatic amines is 1. The van der Waals surface area contributed by atoms with Gasteiger partial charge in [0.1, 0.15) is 6.54 Å². The van der Waals surface area contributed by atoms with Crippen LogP contribution in [0.4, 0.5) is 11.5 Å². The lowest BCUT2D eigenvalue weighted by atomic mass is 10.3. The molecule has 0 bridgehead atoms. The first-order valence-electron chi connectivity index (χ1n) is 9.63. The fourth-order valence-corrected chi connectivity index (χ4v) is 4.32. The van der Waals surface area contributed by atoms with Crippen LogP contribution in [-0.4, -0.2) is 34.0 Å². The van der Waals surface area contributed by atoms with Gasteiger partial charge >= 0.3 is 0 Å². The molecule has 3 aliphatic rings. The minimum Gasteiger partial charge on any atom is -0.326 e. The van der Waals surface area contributed by atoms with Gasteiger partial charge in [0.2, 0.25) is 16.6 Å². The molecule has 1 aliphatic carbocycles. The highest BCUT2D eigenvalue weighted by Crippen LogP contribution is 2.36.